The summed E-state index contributed by atoms with van der Waals surface area (Å²) in [5, 5.41) is 11.0. The first-order valence-electron chi connectivity index (χ1n) is 6.80. The van der Waals surface area contributed by atoms with Crippen LogP contribution in [0.4, 0.5) is 11.8 Å². The molecular weight excluding hydrogens is 252 g/mol. The fraction of sp³-hybridized carbons (Fsp3) is 0.500. The molecule has 3 rings (SSSR count). The minimum Gasteiger partial charge on any atom is -0.309 e. The first-order chi connectivity index (χ1) is 9.43. The van der Waals surface area contributed by atoms with Gasteiger partial charge in [0.25, 0.3) is 0 Å². The van der Waals surface area contributed by atoms with Crippen molar-refractivity contribution >= 4 is 11.8 Å². The van der Waals surface area contributed by atoms with E-state index < -0.39 is 0 Å². The normalized spacial score (nSPS) is 14.4. The summed E-state index contributed by atoms with van der Waals surface area (Å²) in [6.45, 7) is 8.12. The van der Waals surface area contributed by atoms with Gasteiger partial charge in [-0.1, -0.05) is 20.8 Å². The number of fused-ring (bicyclic) bond motifs is 1. The van der Waals surface area contributed by atoms with Crippen molar-refractivity contribution in [1.82, 2.24) is 25.1 Å². The molecule has 1 aliphatic heterocycles. The van der Waals surface area contributed by atoms with Gasteiger partial charge in [0.1, 0.15) is 5.82 Å². The maximum absolute atomic E-state index is 4.54. The molecule has 0 aliphatic carbocycles. The number of rotatable bonds is 2. The highest BCUT2D eigenvalue weighted by atomic mass is 15.3. The van der Waals surface area contributed by atoms with Crippen LogP contribution in [0.15, 0.2) is 12.3 Å². The molecule has 1 aliphatic rings. The molecule has 20 heavy (non-hydrogen) atoms. The van der Waals surface area contributed by atoms with Gasteiger partial charge in [0.2, 0.25) is 5.95 Å². The molecule has 0 saturated carbocycles. The molecule has 6 heteroatoms. The first-order valence-corrected chi connectivity index (χ1v) is 6.80. The highest BCUT2D eigenvalue weighted by Crippen LogP contribution is 2.24. The Hall–Kier alpha value is -1.95. The molecule has 0 fully saturated rings. The second-order valence-electron chi connectivity index (χ2n) is 6.18. The number of aryl methyl sites for hydroxylation is 1. The monoisotopic (exact) mass is 272 g/mol. The smallest absolute Gasteiger partial charge is 0.228 e. The lowest BCUT2D eigenvalue weighted by atomic mass is 9.92. The Morgan fingerprint density at radius 1 is 1.30 bits per heavy atom. The largest absolute Gasteiger partial charge is 0.309 e. The molecule has 2 N–H and O–H groups in total. The fourth-order valence-electron chi connectivity index (χ4n) is 2.18. The summed E-state index contributed by atoms with van der Waals surface area (Å²) in [5.41, 5.74) is 3.32. The summed E-state index contributed by atoms with van der Waals surface area (Å²) in [7, 11) is 1.92. The van der Waals surface area contributed by atoms with Gasteiger partial charge in [-0.25, -0.2) is 9.97 Å². The van der Waals surface area contributed by atoms with Crippen molar-refractivity contribution in [2.75, 3.05) is 5.32 Å². The molecule has 3 heterocycles. The van der Waals surface area contributed by atoms with Crippen LogP contribution in [0.3, 0.4) is 0 Å². The van der Waals surface area contributed by atoms with Gasteiger partial charge in [0.15, 0.2) is 0 Å². The zero-order chi connectivity index (χ0) is 14.3. The molecule has 0 amide bonds. The van der Waals surface area contributed by atoms with Crippen molar-refractivity contribution in [2.24, 2.45) is 7.05 Å². The molecule has 6 nitrogen and oxygen atoms in total. The Kier molecular flexibility index (Phi) is 2.97. The fourth-order valence-corrected chi connectivity index (χ4v) is 2.18. The van der Waals surface area contributed by atoms with Gasteiger partial charge >= 0.3 is 0 Å². The Labute approximate surface area is 118 Å². The van der Waals surface area contributed by atoms with Gasteiger partial charge in [-0.3, -0.25) is 4.68 Å². The summed E-state index contributed by atoms with van der Waals surface area (Å²) in [6.07, 6.45) is 1.88. The van der Waals surface area contributed by atoms with E-state index in [1.54, 1.807) is 0 Å². The summed E-state index contributed by atoms with van der Waals surface area (Å²) in [5.74, 6) is 1.52. The molecule has 2 aromatic rings. The zero-order valence-electron chi connectivity index (χ0n) is 12.4. The predicted octanol–water partition coefficient (Wildman–Crippen LogP) is 1.85. The van der Waals surface area contributed by atoms with E-state index in [0.717, 1.165) is 30.3 Å². The highest BCUT2D eigenvalue weighted by molar-refractivity contribution is 5.50. The first kappa shape index (κ1) is 13.1. The van der Waals surface area contributed by atoms with Crippen molar-refractivity contribution in [3.63, 3.8) is 0 Å². The Morgan fingerprint density at radius 3 is 2.80 bits per heavy atom. The SMILES string of the molecule is Cn1nc(C(C)(C)C)cc1Nc1ncc2c(n1)CNC2. The maximum atomic E-state index is 4.54. The van der Waals surface area contributed by atoms with Crippen molar-refractivity contribution in [3.05, 3.63) is 29.2 Å². The van der Waals surface area contributed by atoms with Crippen molar-refractivity contribution in [3.8, 4) is 0 Å². The number of aromatic nitrogens is 4. The number of anilines is 2. The zero-order valence-corrected chi connectivity index (χ0v) is 12.4. The lowest BCUT2D eigenvalue weighted by Crippen LogP contribution is -2.12. The van der Waals surface area contributed by atoms with Crippen LogP contribution in [-0.4, -0.2) is 19.7 Å². The van der Waals surface area contributed by atoms with Crippen molar-refractivity contribution in [1.29, 1.82) is 0 Å². The third-order valence-corrected chi connectivity index (χ3v) is 3.45. The Balaban J connectivity index is 1.86. The molecule has 0 unspecified atom stereocenters. The standard InChI is InChI=1S/C14H20N6/c1-14(2,3)11-5-12(20(4)19-11)18-13-16-7-9-6-15-8-10(9)17-13/h5,7,15H,6,8H2,1-4H3,(H,16,17,18). The molecule has 0 atom stereocenters. The van der Waals surface area contributed by atoms with E-state index in [1.165, 1.54) is 5.56 Å². The second kappa shape index (κ2) is 4.56. The van der Waals surface area contributed by atoms with Crippen LogP contribution in [0.2, 0.25) is 0 Å². The maximum Gasteiger partial charge on any atom is 0.228 e. The van der Waals surface area contributed by atoms with E-state index in [-0.39, 0.29) is 5.41 Å². The molecule has 2 aromatic heterocycles. The van der Waals surface area contributed by atoms with Crippen LogP contribution in [0, 0.1) is 0 Å². The minimum absolute atomic E-state index is 0.0282. The van der Waals surface area contributed by atoms with E-state index in [0.29, 0.717) is 5.95 Å². The lowest BCUT2D eigenvalue weighted by molar-refractivity contribution is 0.553. The van der Waals surface area contributed by atoms with E-state index in [1.807, 2.05) is 17.9 Å². The Morgan fingerprint density at radius 2 is 2.10 bits per heavy atom. The third-order valence-electron chi connectivity index (χ3n) is 3.45. The minimum atomic E-state index is 0.0282. The van der Waals surface area contributed by atoms with E-state index in [4.69, 9.17) is 0 Å². The average Bonchev–Trinajstić information content (AvgIpc) is 2.95. The lowest BCUT2D eigenvalue weighted by Gasteiger charge is -2.13. The van der Waals surface area contributed by atoms with Crippen LogP contribution >= 0.6 is 0 Å². The molecule has 0 spiro atoms. The van der Waals surface area contributed by atoms with Crippen molar-refractivity contribution < 1.29 is 0 Å². The van der Waals surface area contributed by atoms with Crippen LogP contribution in [0.1, 0.15) is 37.7 Å². The number of hydrogen-bond donors (Lipinski definition) is 2. The van der Waals surface area contributed by atoms with Gasteiger partial charge in [-0.15, -0.1) is 0 Å². The summed E-state index contributed by atoms with van der Waals surface area (Å²) in [4.78, 5) is 8.89. The topological polar surface area (TPSA) is 67.7 Å². The number of hydrogen-bond acceptors (Lipinski definition) is 5. The van der Waals surface area contributed by atoms with E-state index in [9.17, 15) is 0 Å². The molecule has 0 bridgehead atoms. The van der Waals surface area contributed by atoms with Gasteiger partial charge in [-0.2, -0.15) is 5.10 Å². The average molecular weight is 272 g/mol. The van der Waals surface area contributed by atoms with Gasteiger partial charge in [0.05, 0.1) is 11.4 Å². The van der Waals surface area contributed by atoms with Crippen LogP contribution in [0.25, 0.3) is 0 Å². The summed E-state index contributed by atoms with van der Waals surface area (Å²) >= 11 is 0. The van der Waals surface area contributed by atoms with Crippen molar-refractivity contribution in [2.45, 2.75) is 39.3 Å². The summed E-state index contributed by atoms with van der Waals surface area (Å²) < 4.78 is 1.83. The van der Waals surface area contributed by atoms with Gasteiger partial charge in [-0.05, 0) is 0 Å². The predicted molar refractivity (Wildman–Crippen MR) is 77.8 cm³/mol. The highest BCUT2D eigenvalue weighted by Gasteiger charge is 2.19. The molecule has 106 valence electrons. The third kappa shape index (κ3) is 2.38. The number of nitrogens with one attached hydrogen (secondary N) is 2. The molecular formula is C14H20N6. The molecule has 0 aromatic carbocycles. The second-order valence-corrected chi connectivity index (χ2v) is 6.18. The van der Waals surface area contributed by atoms with Crippen LogP contribution < -0.4 is 10.6 Å². The number of nitrogens with zero attached hydrogens (tertiary/aromatic N) is 4. The molecule has 0 radical (unpaired) electrons. The van der Waals surface area contributed by atoms with Gasteiger partial charge in [0, 0.05) is 43.4 Å². The molecule has 0 saturated heterocycles. The van der Waals surface area contributed by atoms with Crippen LogP contribution in [0.5, 0.6) is 0 Å². The quantitative estimate of drug-likeness (QED) is 0.873. The summed E-state index contributed by atoms with van der Waals surface area (Å²) in [6, 6.07) is 2.05. The van der Waals surface area contributed by atoms with Gasteiger partial charge < -0.3 is 10.6 Å². The van der Waals surface area contributed by atoms with Crippen LogP contribution in [-0.2, 0) is 25.6 Å². The Bertz CT molecular complexity index is 638. The van der Waals surface area contributed by atoms with E-state index >= 15 is 0 Å². The van der Waals surface area contributed by atoms with E-state index in [2.05, 4.69) is 52.5 Å².